The lowest BCUT2D eigenvalue weighted by Gasteiger charge is -2.31. The number of carboxylic acid groups (broad SMARTS) is 1. The van der Waals surface area contributed by atoms with E-state index in [0.29, 0.717) is 18.2 Å². The number of benzene rings is 2. The number of hydrogen-bond acceptors (Lipinski definition) is 5. The molecule has 1 aromatic heterocycles. The Labute approximate surface area is 186 Å². The average molecular weight is 437 g/mol. The van der Waals surface area contributed by atoms with E-state index in [2.05, 4.69) is 20.4 Å². The first-order chi connectivity index (χ1) is 15.5. The molecule has 0 bridgehead atoms. The summed E-state index contributed by atoms with van der Waals surface area (Å²) in [5, 5.41) is 20.1. The SMILES string of the molecule is COCCN1CCC(CNC(=O)c2n[nH]c3ccc(-c4ccc(C(=O)O)cc4)cc23)CC1. The standard InChI is InChI=1S/C24H28N4O4/c1-32-13-12-28-10-8-16(9-11-28)15-25-23(29)22-20-14-19(6-7-21(20)26-27-22)17-2-4-18(5-3-17)24(30)31/h2-7,14,16H,8-13,15H2,1H3,(H,25,29)(H,26,27)(H,30,31). The van der Waals surface area contributed by atoms with Gasteiger partial charge in [0.25, 0.3) is 5.91 Å². The summed E-state index contributed by atoms with van der Waals surface area (Å²) >= 11 is 0. The van der Waals surface area contributed by atoms with Gasteiger partial charge < -0.3 is 20.1 Å². The van der Waals surface area contributed by atoms with E-state index >= 15 is 0 Å². The summed E-state index contributed by atoms with van der Waals surface area (Å²) < 4.78 is 5.15. The molecule has 0 aliphatic carbocycles. The van der Waals surface area contributed by atoms with E-state index in [0.717, 1.165) is 61.1 Å². The fourth-order valence-corrected chi connectivity index (χ4v) is 4.13. The lowest BCUT2D eigenvalue weighted by Crippen LogP contribution is -2.39. The molecule has 1 aliphatic rings. The normalized spacial score (nSPS) is 15.2. The topological polar surface area (TPSA) is 108 Å². The number of amides is 1. The van der Waals surface area contributed by atoms with Crippen LogP contribution in [0.4, 0.5) is 0 Å². The van der Waals surface area contributed by atoms with Crippen LogP contribution in [0.15, 0.2) is 42.5 Å². The highest BCUT2D eigenvalue weighted by Crippen LogP contribution is 2.26. The number of hydrogen-bond donors (Lipinski definition) is 3. The van der Waals surface area contributed by atoms with Crippen LogP contribution in [0.3, 0.4) is 0 Å². The van der Waals surface area contributed by atoms with Gasteiger partial charge in [-0.1, -0.05) is 18.2 Å². The molecule has 2 aromatic carbocycles. The number of H-pyrrole nitrogens is 1. The van der Waals surface area contributed by atoms with Crippen LogP contribution >= 0.6 is 0 Å². The molecule has 32 heavy (non-hydrogen) atoms. The van der Waals surface area contributed by atoms with Gasteiger partial charge in [0.1, 0.15) is 0 Å². The van der Waals surface area contributed by atoms with Crippen LogP contribution in [0.2, 0.25) is 0 Å². The van der Waals surface area contributed by atoms with E-state index in [4.69, 9.17) is 9.84 Å². The molecule has 1 aliphatic heterocycles. The van der Waals surface area contributed by atoms with Crippen LogP contribution in [0, 0.1) is 5.92 Å². The average Bonchev–Trinajstić information content (AvgIpc) is 3.25. The third-order valence-corrected chi connectivity index (χ3v) is 6.11. The van der Waals surface area contributed by atoms with Crippen molar-refractivity contribution in [3.63, 3.8) is 0 Å². The number of carbonyl (C=O) groups is 2. The molecule has 8 nitrogen and oxygen atoms in total. The largest absolute Gasteiger partial charge is 0.478 e. The maximum atomic E-state index is 12.8. The lowest BCUT2D eigenvalue weighted by atomic mass is 9.96. The van der Waals surface area contributed by atoms with Crippen LogP contribution < -0.4 is 5.32 Å². The Bertz CT molecular complexity index is 1090. The van der Waals surface area contributed by atoms with E-state index in [1.54, 1.807) is 31.4 Å². The lowest BCUT2D eigenvalue weighted by molar-refractivity contribution is 0.0696. The maximum Gasteiger partial charge on any atom is 0.335 e. The molecule has 0 radical (unpaired) electrons. The Morgan fingerprint density at radius 2 is 1.88 bits per heavy atom. The van der Waals surface area contributed by atoms with Crippen molar-refractivity contribution in [2.75, 3.05) is 39.9 Å². The highest BCUT2D eigenvalue weighted by atomic mass is 16.5. The number of methoxy groups -OCH3 is 1. The van der Waals surface area contributed by atoms with Gasteiger partial charge in [0.2, 0.25) is 0 Å². The second kappa shape index (κ2) is 9.93. The van der Waals surface area contributed by atoms with Crippen molar-refractivity contribution >= 4 is 22.8 Å². The summed E-state index contributed by atoms with van der Waals surface area (Å²) in [6.45, 7) is 4.40. The molecule has 8 heteroatoms. The molecule has 3 N–H and O–H groups in total. The third kappa shape index (κ3) is 4.98. The Morgan fingerprint density at radius 3 is 2.56 bits per heavy atom. The van der Waals surface area contributed by atoms with Gasteiger partial charge in [-0.2, -0.15) is 5.10 Å². The number of aromatic nitrogens is 2. The molecule has 4 rings (SSSR count). The summed E-state index contributed by atoms with van der Waals surface area (Å²) in [4.78, 5) is 26.3. The summed E-state index contributed by atoms with van der Waals surface area (Å²) in [6, 6.07) is 12.4. The maximum absolute atomic E-state index is 12.8. The highest BCUT2D eigenvalue weighted by molar-refractivity contribution is 6.05. The second-order valence-electron chi connectivity index (χ2n) is 8.20. The number of ether oxygens (including phenoxy) is 1. The van der Waals surface area contributed by atoms with Crippen molar-refractivity contribution < 1.29 is 19.4 Å². The zero-order chi connectivity index (χ0) is 22.5. The Kier molecular flexibility index (Phi) is 6.82. The number of rotatable bonds is 8. The van der Waals surface area contributed by atoms with Gasteiger partial charge in [-0.3, -0.25) is 9.89 Å². The monoisotopic (exact) mass is 436 g/mol. The quantitative estimate of drug-likeness (QED) is 0.501. The Hall–Kier alpha value is -3.23. The third-order valence-electron chi connectivity index (χ3n) is 6.11. The molecular formula is C24H28N4O4. The minimum atomic E-state index is -0.957. The number of carbonyl (C=O) groups excluding carboxylic acids is 1. The molecule has 1 saturated heterocycles. The molecular weight excluding hydrogens is 408 g/mol. The number of fused-ring (bicyclic) bond motifs is 1. The van der Waals surface area contributed by atoms with Crippen molar-refractivity contribution in [1.82, 2.24) is 20.4 Å². The second-order valence-corrected chi connectivity index (χ2v) is 8.20. The number of nitrogens with zero attached hydrogens (tertiary/aromatic N) is 2. The smallest absolute Gasteiger partial charge is 0.335 e. The first-order valence-corrected chi connectivity index (χ1v) is 10.9. The van der Waals surface area contributed by atoms with E-state index in [1.165, 1.54) is 0 Å². The van der Waals surface area contributed by atoms with Gasteiger partial charge >= 0.3 is 5.97 Å². The van der Waals surface area contributed by atoms with Crippen molar-refractivity contribution in [2.24, 2.45) is 5.92 Å². The predicted molar refractivity (Wildman–Crippen MR) is 122 cm³/mol. The summed E-state index contributed by atoms with van der Waals surface area (Å²) in [5.41, 5.74) is 3.18. The summed E-state index contributed by atoms with van der Waals surface area (Å²) in [6.07, 6.45) is 2.11. The first kappa shape index (κ1) is 22.0. The van der Waals surface area contributed by atoms with E-state index in [9.17, 15) is 9.59 Å². The molecule has 0 unspecified atom stereocenters. The van der Waals surface area contributed by atoms with Gasteiger partial charge in [-0.25, -0.2) is 4.79 Å². The van der Waals surface area contributed by atoms with Crippen LogP contribution in [0.5, 0.6) is 0 Å². The van der Waals surface area contributed by atoms with E-state index in [-0.39, 0.29) is 11.5 Å². The minimum absolute atomic E-state index is 0.184. The number of aromatic carboxylic acids is 1. The minimum Gasteiger partial charge on any atom is -0.478 e. The molecule has 1 amide bonds. The molecule has 0 spiro atoms. The molecule has 2 heterocycles. The summed E-state index contributed by atoms with van der Waals surface area (Å²) in [7, 11) is 1.72. The highest BCUT2D eigenvalue weighted by Gasteiger charge is 2.21. The number of nitrogens with one attached hydrogen (secondary N) is 2. The predicted octanol–water partition coefficient (Wildman–Crippen LogP) is 3.02. The van der Waals surface area contributed by atoms with Gasteiger partial charge in [0, 0.05) is 25.6 Å². The number of likely N-dealkylation sites (tertiary alicyclic amines) is 1. The molecule has 1 fully saturated rings. The fourth-order valence-electron chi connectivity index (χ4n) is 4.13. The zero-order valence-electron chi connectivity index (χ0n) is 18.1. The number of aromatic amines is 1. The Morgan fingerprint density at radius 1 is 1.16 bits per heavy atom. The van der Waals surface area contributed by atoms with Crippen LogP contribution in [0.1, 0.15) is 33.7 Å². The van der Waals surface area contributed by atoms with Crippen LogP contribution in [-0.4, -0.2) is 72.0 Å². The zero-order valence-corrected chi connectivity index (χ0v) is 18.1. The molecule has 168 valence electrons. The van der Waals surface area contributed by atoms with Crippen molar-refractivity contribution in [3.8, 4) is 11.1 Å². The van der Waals surface area contributed by atoms with Gasteiger partial charge in [-0.15, -0.1) is 0 Å². The first-order valence-electron chi connectivity index (χ1n) is 10.9. The Balaban J connectivity index is 1.41. The number of carboxylic acids is 1. The fraction of sp³-hybridized carbons (Fsp3) is 0.375. The van der Waals surface area contributed by atoms with E-state index < -0.39 is 5.97 Å². The van der Waals surface area contributed by atoms with Crippen molar-refractivity contribution in [1.29, 1.82) is 0 Å². The van der Waals surface area contributed by atoms with Crippen LogP contribution in [-0.2, 0) is 4.74 Å². The van der Waals surface area contributed by atoms with Gasteiger partial charge in [-0.05, 0) is 67.2 Å². The molecule has 3 aromatic rings. The molecule has 0 saturated carbocycles. The van der Waals surface area contributed by atoms with Crippen molar-refractivity contribution in [3.05, 3.63) is 53.7 Å². The number of piperidine rings is 1. The summed E-state index contributed by atoms with van der Waals surface area (Å²) in [5.74, 6) is -0.677. The van der Waals surface area contributed by atoms with E-state index in [1.807, 2.05) is 18.2 Å². The van der Waals surface area contributed by atoms with Crippen molar-refractivity contribution in [2.45, 2.75) is 12.8 Å². The van der Waals surface area contributed by atoms with Crippen LogP contribution in [0.25, 0.3) is 22.0 Å². The molecule has 0 atom stereocenters. The van der Waals surface area contributed by atoms with Gasteiger partial charge in [0.15, 0.2) is 5.69 Å². The van der Waals surface area contributed by atoms with Gasteiger partial charge in [0.05, 0.1) is 17.7 Å².